The molecule has 9 heteroatoms. The minimum atomic E-state index is -0.100. The largest absolute Gasteiger partial charge is 0.269 e. The Morgan fingerprint density at radius 1 is 0.517 bits per heavy atom. The number of rotatable bonds is 6. The lowest BCUT2D eigenvalue weighted by Crippen LogP contribution is -2.10. The highest BCUT2D eigenvalue weighted by Crippen LogP contribution is 2.44. The summed E-state index contributed by atoms with van der Waals surface area (Å²) in [6, 6.07) is 16.6. The highest BCUT2D eigenvalue weighted by molar-refractivity contribution is 7.47. The molecule has 0 unspecified atom stereocenters. The van der Waals surface area contributed by atoms with E-state index in [4.69, 9.17) is 0 Å². The van der Waals surface area contributed by atoms with Crippen molar-refractivity contribution < 1.29 is 9.13 Å². The van der Waals surface area contributed by atoms with Gasteiger partial charge in [0, 0.05) is 29.3 Å². The summed E-state index contributed by atoms with van der Waals surface area (Å²) in [6.07, 6.45) is 0. The lowest BCUT2D eigenvalue weighted by molar-refractivity contribution is 0.601. The molecule has 0 saturated heterocycles. The highest BCUT2D eigenvalue weighted by Gasteiger charge is 2.23. The second-order valence-corrected chi connectivity index (χ2v) is 12.3. The molecule has 0 aliphatic carbocycles. The van der Waals surface area contributed by atoms with Gasteiger partial charge in [-0.2, -0.15) is 0 Å². The molecule has 0 saturated carbocycles. The van der Waals surface area contributed by atoms with E-state index in [-0.39, 0.29) is 16.9 Å². The molecule has 5 aromatic heterocycles. The van der Waals surface area contributed by atoms with E-state index < -0.39 is 0 Å². The average Bonchev–Trinajstić information content (AvgIpc) is 3.54. The van der Waals surface area contributed by atoms with Gasteiger partial charge in [-0.05, 0) is 47.2 Å². The Balaban J connectivity index is 1.61. The van der Waals surface area contributed by atoms with Gasteiger partial charge in [0.25, 0.3) is 0 Å². The van der Waals surface area contributed by atoms with Gasteiger partial charge in [-0.15, -0.1) is 56.7 Å². The minimum absolute atomic E-state index is 0.100. The zero-order valence-electron chi connectivity index (χ0n) is 14.5. The van der Waals surface area contributed by atoms with E-state index in [9.17, 15) is 9.13 Å². The van der Waals surface area contributed by atoms with Crippen LogP contribution >= 0.6 is 73.6 Å². The molecule has 5 heterocycles. The Kier molecular flexibility index (Phi) is 5.72. The monoisotopic (exact) mass is 504 g/mol. The van der Waals surface area contributed by atoms with Crippen LogP contribution in [0.15, 0.2) is 59.3 Å². The predicted octanol–water partition coefficient (Wildman–Crippen LogP) is 8.50. The van der Waals surface area contributed by atoms with Gasteiger partial charge in [-0.3, -0.25) is 9.13 Å². The molecule has 0 N–H and O–H groups in total. The van der Waals surface area contributed by atoms with E-state index in [2.05, 4.69) is 47.2 Å². The van der Waals surface area contributed by atoms with Crippen LogP contribution in [0.3, 0.4) is 0 Å². The Bertz CT molecular complexity index is 1190. The van der Waals surface area contributed by atoms with Crippen LogP contribution < -0.4 is 10.6 Å². The molecule has 29 heavy (non-hydrogen) atoms. The van der Waals surface area contributed by atoms with Crippen LogP contribution in [0.4, 0.5) is 0 Å². The Morgan fingerprint density at radius 3 is 1.34 bits per heavy atom. The lowest BCUT2D eigenvalue weighted by atomic mass is 10.3. The van der Waals surface area contributed by atoms with Crippen molar-refractivity contribution in [1.82, 2.24) is 0 Å². The van der Waals surface area contributed by atoms with Gasteiger partial charge in [0.1, 0.15) is 0 Å². The molecule has 0 fully saturated rings. The van der Waals surface area contributed by atoms with Crippen molar-refractivity contribution in [2.75, 3.05) is 0 Å². The zero-order valence-corrected chi connectivity index (χ0v) is 20.4. The molecule has 0 bridgehead atoms. The molecule has 0 atom stereocenters. The van der Waals surface area contributed by atoms with Crippen LogP contribution in [0.5, 0.6) is 0 Å². The molecule has 5 rings (SSSR count). The molecular formula is C20H10O2P2S5. The highest BCUT2D eigenvalue weighted by atomic mass is 32.1. The summed E-state index contributed by atoms with van der Waals surface area (Å²) in [5.41, 5.74) is 0. The van der Waals surface area contributed by atoms with Gasteiger partial charge < -0.3 is 0 Å². The van der Waals surface area contributed by atoms with Crippen LogP contribution in [-0.2, 0) is 9.13 Å². The smallest absolute Gasteiger partial charge is 0.195 e. The standard InChI is InChI=1S/C20H10O2P2S5/c21-23-17-18(24-22)20(16-8-6-14(28-16)12-4-2-10-26-12)29-19(17)15-7-5-13(27-15)11-3-1-9-25-11/h1-10H. The number of hydrogen-bond donors (Lipinski definition) is 0. The van der Waals surface area contributed by atoms with E-state index in [0.29, 0.717) is 10.6 Å². The first-order chi connectivity index (χ1) is 14.3. The third kappa shape index (κ3) is 3.66. The predicted molar refractivity (Wildman–Crippen MR) is 132 cm³/mol. The maximum atomic E-state index is 12.0. The summed E-state index contributed by atoms with van der Waals surface area (Å²) in [7, 11) is -0.201. The van der Waals surface area contributed by atoms with E-state index in [1.54, 1.807) is 56.7 Å². The second kappa shape index (κ2) is 8.44. The Hall–Kier alpha value is -1.30. The Morgan fingerprint density at radius 2 is 0.966 bits per heavy atom. The molecule has 0 spiro atoms. The number of thiophene rings is 5. The van der Waals surface area contributed by atoms with Gasteiger partial charge in [-0.25, -0.2) is 0 Å². The normalized spacial score (nSPS) is 11.6. The van der Waals surface area contributed by atoms with E-state index in [1.165, 1.54) is 19.5 Å². The van der Waals surface area contributed by atoms with Crippen LogP contribution in [0.1, 0.15) is 0 Å². The van der Waals surface area contributed by atoms with Gasteiger partial charge in [0.05, 0.1) is 20.4 Å². The zero-order chi connectivity index (χ0) is 19.8. The van der Waals surface area contributed by atoms with Crippen molar-refractivity contribution >= 4 is 84.2 Å². The van der Waals surface area contributed by atoms with Crippen molar-refractivity contribution in [2.24, 2.45) is 0 Å². The lowest BCUT2D eigenvalue weighted by Gasteiger charge is -1.93. The molecular weight excluding hydrogens is 495 g/mol. The van der Waals surface area contributed by atoms with Crippen molar-refractivity contribution in [2.45, 2.75) is 0 Å². The maximum Gasteiger partial charge on any atom is 0.195 e. The van der Waals surface area contributed by atoms with Gasteiger partial charge >= 0.3 is 0 Å². The maximum absolute atomic E-state index is 12.0. The van der Waals surface area contributed by atoms with Crippen molar-refractivity contribution in [3.05, 3.63) is 59.3 Å². The molecule has 0 amide bonds. The van der Waals surface area contributed by atoms with Crippen LogP contribution in [0.2, 0.25) is 0 Å². The number of hydrogen-bond acceptors (Lipinski definition) is 7. The van der Waals surface area contributed by atoms with Crippen molar-refractivity contribution in [3.8, 4) is 39.0 Å². The molecule has 0 aliphatic heterocycles. The Labute approximate surface area is 190 Å². The molecule has 142 valence electrons. The fourth-order valence-electron chi connectivity index (χ4n) is 2.94. The first kappa shape index (κ1) is 19.7. The second-order valence-electron chi connectivity index (χ2n) is 5.92. The quantitative estimate of drug-likeness (QED) is 0.217. The summed E-state index contributed by atoms with van der Waals surface area (Å²) >= 11 is 8.35. The summed E-state index contributed by atoms with van der Waals surface area (Å²) in [5.74, 6) is 0. The van der Waals surface area contributed by atoms with Crippen molar-refractivity contribution in [3.63, 3.8) is 0 Å². The van der Waals surface area contributed by atoms with E-state index >= 15 is 0 Å². The van der Waals surface area contributed by atoms with E-state index in [0.717, 1.165) is 19.5 Å². The summed E-state index contributed by atoms with van der Waals surface area (Å²) < 4.78 is 24.0. The first-order valence-corrected chi connectivity index (χ1v) is 14.2. The summed E-state index contributed by atoms with van der Waals surface area (Å²) in [4.78, 5) is 8.82. The topological polar surface area (TPSA) is 34.1 Å². The molecule has 0 aliphatic rings. The van der Waals surface area contributed by atoms with Gasteiger partial charge in [-0.1, -0.05) is 12.1 Å². The van der Waals surface area contributed by atoms with Gasteiger partial charge in [0.15, 0.2) is 16.9 Å². The summed E-state index contributed by atoms with van der Waals surface area (Å²) in [5, 5.41) is 5.39. The molecule has 0 aromatic carbocycles. The average molecular weight is 505 g/mol. The van der Waals surface area contributed by atoms with Crippen LogP contribution in [0.25, 0.3) is 39.0 Å². The van der Waals surface area contributed by atoms with Crippen LogP contribution in [0, 0.1) is 0 Å². The molecule has 2 nitrogen and oxygen atoms in total. The molecule has 5 aromatic rings. The van der Waals surface area contributed by atoms with Crippen LogP contribution in [-0.4, -0.2) is 0 Å². The fourth-order valence-corrected chi connectivity index (χ4v) is 9.80. The van der Waals surface area contributed by atoms with Crippen molar-refractivity contribution in [1.29, 1.82) is 0 Å². The fraction of sp³-hybridized carbons (Fsp3) is 0. The van der Waals surface area contributed by atoms with Gasteiger partial charge in [0.2, 0.25) is 0 Å². The summed E-state index contributed by atoms with van der Waals surface area (Å²) in [6.45, 7) is 0. The minimum Gasteiger partial charge on any atom is -0.269 e. The van der Waals surface area contributed by atoms with E-state index in [1.807, 2.05) is 12.1 Å². The third-order valence-corrected chi connectivity index (χ3v) is 11.8. The first-order valence-electron chi connectivity index (χ1n) is 8.40. The molecule has 0 radical (unpaired) electrons. The SMILES string of the molecule is O=Pc1c(-c2ccc(-c3cccs3)s2)sc(-c2ccc(-c3cccs3)s2)c1P=O. The third-order valence-electron chi connectivity index (χ3n) is 4.23.